The fraction of sp³-hybridized carbons (Fsp3) is 0.269. The Morgan fingerprint density at radius 3 is 2.42 bits per heavy atom. The first-order chi connectivity index (χ1) is 15.8. The highest BCUT2D eigenvalue weighted by Crippen LogP contribution is 2.37. The Balaban J connectivity index is 1.62. The van der Waals surface area contributed by atoms with Crippen LogP contribution < -0.4 is 4.90 Å². The second-order valence-corrected chi connectivity index (χ2v) is 9.81. The molecule has 1 aliphatic heterocycles. The van der Waals surface area contributed by atoms with Gasteiger partial charge in [0.2, 0.25) is 0 Å². The molecule has 0 bridgehead atoms. The number of rotatable bonds is 5. The van der Waals surface area contributed by atoms with Crippen molar-refractivity contribution in [1.82, 2.24) is 4.90 Å². The van der Waals surface area contributed by atoms with Crippen molar-refractivity contribution >= 4 is 46.2 Å². The van der Waals surface area contributed by atoms with Crippen LogP contribution in [0.1, 0.15) is 24.1 Å². The Hall–Kier alpha value is -2.26. The number of nitrogens with zero attached hydrogens (tertiary/aromatic N) is 3. The molecular weight excluding hydrogens is 477 g/mol. The van der Waals surface area contributed by atoms with E-state index in [1.165, 1.54) is 0 Å². The normalized spacial score (nSPS) is 18.5. The average Bonchev–Trinajstić information content (AvgIpc) is 2.80. The molecule has 7 heteroatoms. The zero-order valence-electron chi connectivity index (χ0n) is 18.2. The molecule has 1 saturated heterocycles. The van der Waals surface area contributed by atoms with E-state index in [-0.39, 0.29) is 6.04 Å². The van der Waals surface area contributed by atoms with E-state index in [0.29, 0.717) is 33.8 Å². The van der Waals surface area contributed by atoms with E-state index < -0.39 is 5.60 Å². The van der Waals surface area contributed by atoms with Crippen molar-refractivity contribution < 1.29 is 5.11 Å². The molecule has 0 saturated carbocycles. The second kappa shape index (κ2) is 9.93. The van der Waals surface area contributed by atoms with Crippen LogP contribution in [0.15, 0.2) is 66.7 Å². The number of benzene rings is 3. The third-order valence-corrected chi connectivity index (χ3v) is 6.86. The smallest absolute Gasteiger partial charge is 0.187 e. The van der Waals surface area contributed by atoms with E-state index >= 15 is 0 Å². The van der Waals surface area contributed by atoms with Gasteiger partial charge in [-0.2, -0.15) is 0 Å². The summed E-state index contributed by atoms with van der Waals surface area (Å²) in [6.45, 7) is 11.7. The van der Waals surface area contributed by atoms with Crippen molar-refractivity contribution in [3.8, 4) is 0 Å². The Kier molecular flexibility index (Phi) is 7.19. The second-order valence-electron chi connectivity index (χ2n) is 8.53. The van der Waals surface area contributed by atoms with Gasteiger partial charge in [0.15, 0.2) is 5.69 Å². The number of hydrogen-bond acceptors (Lipinski definition) is 3. The summed E-state index contributed by atoms with van der Waals surface area (Å²) in [5.41, 5.74) is 2.21. The van der Waals surface area contributed by atoms with E-state index in [0.717, 1.165) is 29.9 Å². The molecule has 0 spiro atoms. The first-order valence-electron chi connectivity index (χ1n) is 10.7. The molecule has 1 N–H and O–H groups in total. The lowest BCUT2D eigenvalue weighted by Gasteiger charge is -2.45. The zero-order chi connectivity index (χ0) is 23.6. The molecule has 3 aromatic carbocycles. The van der Waals surface area contributed by atoms with E-state index in [4.69, 9.17) is 41.4 Å². The maximum atomic E-state index is 11.3. The van der Waals surface area contributed by atoms with Gasteiger partial charge in [-0.1, -0.05) is 71.2 Å². The van der Waals surface area contributed by atoms with Gasteiger partial charge in [0, 0.05) is 36.2 Å². The van der Waals surface area contributed by atoms with Crippen molar-refractivity contribution in [2.45, 2.75) is 18.6 Å². The largest absolute Gasteiger partial charge is 0.384 e. The number of piperazine rings is 1. The van der Waals surface area contributed by atoms with Crippen molar-refractivity contribution in [1.29, 1.82) is 0 Å². The first kappa shape index (κ1) is 23.9. The van der Waals surface area contributed by atoms with Gasteiger partial charge in [0.1, 0.15) is 0 Å². The minimum atomic E-state index is -1.09. The Labute approximate surface area is 209 Å². The van der Waals surface area contributed by atoms with Crippen LogP contribution in [0.3, 0.4) is 0 Å². The minimum Gasteiger partial charge on any atom is -0.384 e. The molecule has 0 unspecified atom stereocenters. The standard InChI is InChI=1S/C26H24Cl3N3O/c1-26(33,19-4-3-5-22(14-19)30-2)17-31-12-13-32(24-11-10-21(28)15-23(24)29)25(16-31)18-6-8-20(27)9-7-18/h3-11,14-15,25,33H,12-13,16-17H2,1H3/t25-,26+/m0/s1. The lowest BCUT2D eigenvalue weighted by Crippen LogP contribution is -2.52. The van der Waals surface area contributed by atoms with Gasteiger partial charge in [0.05, 0.1) is 28.9 Å². The molecule has 0 amide bonds. The van der Waals surface area contributed by atoms with Gasteiger partial charge in [-0.3, -0.25) is 4.90 Å². The minimum absolute atomic E-state index is 0.0140. The highest BCUT2D eigenvalue weighted by Gasteiger charge is 2.34. The molecule has 3 aromatic rings. The predicted molar refractivity (Wildman–Crippen MR) is 137 cm³/mol. The molecule has 4 nitrogen and oxygen atoms in total. The average molecular weight is 501 g/mol. The van der Waals surface area contributed by atoms with Crippen LogP contribution in [-0.2, 0) is 5.60 Å². The number of halogens is 3. The topological polar surface area (TPSA) is 31.1 Å². The van der Waals surface area contributed by atoms with Gasteiger partial charge >= 0.3 is 0 Å². The van der Waals surface area contributed by atoms with Gasteiger partial charge < -0.3 is 10.0 Å². The maximum absolute atomic E-state index is 11.3. The molecule has 0 aliphatic carbocycles. The lowest BCUT2D eigenvalue weighted by molar-refractivity contribution is 0.0103. The molecular formula is C26H24Cl3N3O. The van der Waals surface area contributed by atoms with Crippen LogP contribution in [0.25, 0.3) is 4.85 Å². The maximum Gasteiger partial charge on any atom is 0.187 e. The first-order valence-corrected chi connectivity index (χ1v) is 11.8. The summed E-state index contributed by atoms with van der Waals surface area (Å²) in [5, 5.41) is 13.2. The van der Waals surface area contributed by atoms with E-state index in [2.05, 4.69) is 14.6 Å². The summed E-state index contributed by atoms with van der Waals surface area (Å²) in [6, 6.07) is 20.6. The number of anilines is 1. The Morgan fingerprint density at radius 1 is 1.00 bits per heavy atom. The van der Waals surface area contributed by atoms with Crippen LogP contribution in [0.2, 0.25) is 15.1 Å². The fourth-order valence-corrected chi connectivity index (χ4v) is 5.04. The van der Waals surface area contributed by atoms with E-state index in [1.807, 2.05) is 48.5 Å². The lowest BCUT2D eigenvalue weighted by atomic mass is 9.93. The monoisotopic (exact) mass is 499 g/mol. The number of aliphatic hydroxyl groups is 1. The summed E-state index contributed by atoms with van der Waals surface area (Å²) >= 11 is 18.8. The molecule has 0 radical (unpaired) electrons. The number of hydrogen-bond donors (Lipinski definition) is 1. The van der Waals surface area contributed by atoms with Crippen molar-refractivity contribution in [2.75, 3.05) is 31.1 Å². The summed E-state index contributed by atoms with van der Waals surface area (Å²) in [6.07, 6.45) is 0. The third kappa shape index (κ3) is 5.46. The molecule has 170 valence electrons. The Bertz CT molecular complexity index is 1170. The predicted octanol–water partition coefficient (Wildman–Crippen LogP) is 6.97. The summed E-state index contributed by atoms with van der Waals surface area (Å²) in [4.78, 5) is 8.03. The quantitative estimate of drug-likeness (QED) is 0.384. The van der Waals surface area contributed by atoms with Crippen LogP contribution in [0, 0.1) is 6.57 Å². The summed E-state index contributed by atoms with van der Waals surface area (Å²) in [5.74, 6) is 0. The molecule has 1 heterocycles. The molecule has 1 aliphatic rings. The fourth-order valence-electron chi connectivity index (χ4n) is 4.39. The van der Waals surface area contributed by atoms with Crippen LogP contribution in [0.5, 0.6) is 0 Å². The van der Waals surface area contributed by atoms with Crippen molar-refractivity contribution in [3.05, 3.63) is 104 Å². The van der Waals surface area contributed by atoms with Gasteiger partial charge in [-0.05, 0) is 48.4 Å². The highest BCUT2D eigenvalue weighted by atomic mass is 35.5. The summed E-state index contributed by atoms with van der Waals surface area (Å²) in [7, 11) is 0. The Morgan fingerprint density at radius 2 is 1.73 bits per heavy atom. The molecule has 2 atom stereocenters. The zero-order valence-corrected chi connectivity index (χ0v) is 20.4. The summed E-state index contributed by atoms with van der Waals surface area (Å²) < 4.78 is 0. The third-order valence-electron chi connectivity index (χ3n) is 6.07. The van der Waals surface area contributed by atoms with Crippen LogP contribution >= 0.6 is 34.8 Å². The molecule has 0 aromatic heterocycles. The number of β-amino-alcohol motifs (C(OH)–C–C–N with tert-alkyl or cyclic N) is 1. The van der Waals surface area contributed by atoms with Crippen molar-refractivity contribution in [3.63, 3.8) is 0 Å². The highest BCUT2D eigenvalue weighted by molar-refractivity contribution is 6.36. The van der Waals surface area contributed by atoms with Crippen LogP contribution in [-0.4, -0.2) is 36.2 Å². The van der Waals surface area contributed by atoms with Crippen molar-refractivity contribution in [2.24, 2.45) is 0 Å². The SMILES string of the molecule is [C-]#[N+]c1cccc([C@](C)(O)CN2CCN(c3ccc(Cl)cc3Cl)[C@H](c3ccc(Cl)cc3)C2)c1. The molecule has 1 fully saturated rings. The van der Waals surface area contributed by atoms with Gasteiger partial charge in [-0.15, -0.1) is 0 Å². The van der Waals surface area contributed by atoms with E-state index in [1.54, 1.807) is 25.1 Å². The molecule has 4 rings (SSSR count). The van der Waals surface area contributed by atoms with Crippen LogP contribution in [0.4, 0.5) is 11.4 Å². The van der Waals surface area contributed by atoms with E-state index in [9.17, 15) is 5.11 Å². The van der Waals surface area contributed by atoms with Gasteiger partial charge in [0.25, 0.3) is 0 Å². The van der Waals surface area contributed by atoms with Gasteiger partial charge in [-0.25, -0.2) is 4.85 Å². The molecule has 33 heavy (non-hydrogen) atoms.